The molecule has 1 nitrogen and oxygen atoms in total. The van der Waals surface area contributed by atoms with E-state index in [9.17, 15) is 0 Å². The molecule has 1 heteroatoms. The Morgan fingerprint density at radius 1 is 1.62 bits per heavy atom. The number of aliphatic hydroxyl groups excluding tert-OH is 1. The van der Waals surface area contributed by atoms with E-state index >= 15 is 0 Å². The van der Waals surface area contributed by atoms with E-state index in [1.54, 1.807) is 6.08 Å². The second kappa shape index (κ2) is 4.60. The van der Waals surface area contributed by atoms with E-state index < -0.39 is 0 Å². The van der Waals surface area contributed by atoms with Gasteiger partial charge in [0.2, 0.25) is 0 Å². The molecule has 0 aliphatic rings. The zero-order valence-electron chi connectivity index (χ0n) is 5.39. The smallest absolute Gasteiger partial charge is 0.0615 e. The first-order valence-corrected chi connectivity index (χ1v) is 2.71. The first-order valence-electron chi connectivity index (χ1n) is 2.71. The molecule has 0 aromatic rings. The molecule has 0 aromatic heterocycles. The molecular weight excluding hydrogens is 100 g/mol. The zero-order chi connectivity index (χ0) is 6.41. The number of hydrogen-bond donors (Lipinski definition) is 1. The van der Waals surface area contributed by atoms with Crippen LogP contribution in [-0.2, 0) is 0 Å². The van der Waals surface area contributed by atoms with Gasteiger partial charge in [0.15, 0.2) is 0 Å². The monoisotopic (exact) mass is 112 g/mol. The van der Waals surface area contributed by atoms with E-state index in [2.05, 4.69) is 0 Å². The lowest BCUT2D eigenvalue weighted by Crippen LogP contribution is -1.71. The average molecular weight is 112 g/mol. The molecule has 0 unspecified atom stereocenters. The Balaban J connectivity index is 3.53. The molecule has 0 amide bonds. The van der Waals surface area contributed by atoms with Gasteiger partial charge in [-0.2, -0.15) is 0 Å². The number of hydrogen-bond acceptors (Lipinski definition) is 1. The molecule has 8 heavy (non-hydrogen) atoms. The van der Waals surface area contributed by atoms with Crippen LogP contribution in [0.1, 0.15) is 13.8 Å². The lowest BCUT2D eigenvalue weighted by molar-refractivity contribution is 0.342. The standard InChI is InChI=1S/C7H12O/c1-3-7(2)5-4-6-8/h3-5,8H,6H2,1-2H3/b5-4-,7-3-. The van der Waals surface area contributed by atoms with Gasteiger partial charge in [-0.15, -0.1) is 0 Å². The van der Waals surface area contributed by atoms with Gasteiger partial charge in [0.1, 0.15) is 0 Å². The van der Waals surface area contributed by atoms with E-state index in [4.69, 9.17) is 5.11 Å². The first-order chi connectivity index (χ1) is 3.81. The molecule has 1 N–H and O–H groups in total. The highest BCUT2D eigenvalue weighted by Crippen LogP contribution is 1.91. The van der Waals surface area contributed by atoms with E-state index in [1.807, 2.05) is 26.0 Å². The van der Waals surface area contributed by atoms with Gasteiger partial charge in [-0.3, -0.25) is 0 Å². The molecule has 0 saturated heterocycles. The van der Waals surface area contributed by atoms with Crippen LogP contribution in [0, 0.1) is 0 Å². The Bertz CT molecular complexity index is 101. The van der Waals surface area contributed by atoms with E-state index in [-0.39, 0.29) is 6.61 Å². The van der Waals surface area contributed by atoms with Crippen LogP contribution in [0.3, 0.4) is 0 Å². The Hall–Kier alpha value is -0.560. The highest BCUT2D eigenvalue weighted by atomic mass is 16.2. The molecule has 0 radical (unpaired) electrons. The molecule has 0 aliphatic carbocycles. The predicted molar refractivity (Wildman–Crippen MR) is 35.7 cm³/mol. The molecule has 0 bridgehead atoms. The van der Waals surface area contributed by atoms with Gasteiger partial charge in [-0.1, -0.05) is 23.8 Å². The SMILES string of the molecule is C/C=C(C)\C=C/CO. The number of aliphatic hydroxyl groups is 1. The van der Waals surface area contributed by atoms with Crippen LogP contribution in [0.2, 0.25) is 0 Å². The van der Waals surface area contributed by atoms with Crippen molar-refractivity contribution in [2.75, 3.05) is 6.61 Å². The van der Waals surface area contributed by atoms with Gasteiger partial charge in [0.25, 0.3) is 0 Å². The molecule has 0 heterocycles. The summed E-state index contributed by atoms with van der Waals surface area (Å²) in [6.07, 6.45) is 5.60. The van der Waals surface area contributed by atoms with Crippen LogP contribution in [-0.4, -0.2) is 11.7 Å². The third kappa shape index (κ3) is 3.62. The summed E-state index contributed by atoms with van der Waals surface area (Å²) < 4.78 is 0. The maximum Gasteiger partial charge on any atom is 0.0615 e. The molecule has 0 rings (SSSR count). The molecule has 0 aromatic carbocycles. The van der Waals surface area contributed by atoms with Gasteiger partial charge < -0.3 is 5.11 Å². The normalized spacial score (nSPS) is 13.1. The minimum absolute atomic E-state index is 0.130. The minimum atomic E-state index is 0.130. The topological polar surface area (TPSA) is 20.2 Å². The molecule has 0 saturated carbocycles. The molecule has 0 fully saturated rings. The molecular formula is C7H12O. The summed E-state index contributed by atoms with van der Waals surface area (Å²) in [6, 6.07) is 0. The van der Waals surface area contributed by atoms with Crippen LogP contribution in [0.4, 0.5) is 0 Å². The fourth-order valence-corrected chi connectivity index (χ4v) is 0.335. The van der Waals surface area contributed by atoms with Crippen molar-refractivity contribution in [3.05, 3.63) is 23.8 Å². The molecule has 46 valence electrons. The van der Waals surface area contributed by atoms with Gasteiger partial charge >= 0.3 is 0 Å². The van der Waals surface area contributed by atoms with Crippen LogP contribution in [0.5, 0.6) is 0 Å². The summed E-state index contributed by atoms with van der Waals surface area (Å²) >= 11 is 0. The molecule has 0 atom stereocenters. The third-order valence-corrected chi connectivity index (χ3v) is 0.941. The number of rotatable bonds is 2. The van der Waals surface area contributed by atoms with Crippen molar-refractivity contribution in [1.82, 2.24) is 0 Å². The van der Waals surface area contributed by atoms with Gasteiger partial charge in [-0.25, -0.2) is 0 Å². The van der Waals surface area contributed by atoms with E-state index in [1.165, 1.54) is 5.57 Å². The van der Waals surface area contributed by atoms with Crippen molar-refractivity contribution >= 4 is 0 Å². The van der Waals surface area contributed by atoms with Crippen molar-refractivity contribution in [1.29, 1.82) is 0 Å². The summed E-state index contributed by atoms with van der Waals surface area (Å²) in [5.74, 6) is 0. The minimum Gasteiger partial charge on any atom is -0.392 e. The van der Waals surface area contributed by atoms with Crippen LogP contribution in [0.25, 0.3) is 0 Å². The summed E-state index contributed by atoms with van der Waals surface area (Å²) in [6.45, 7) is 4.09. The maximum atomic E-state index is 8.30. The summed E-state index contributed by atoms with van der Waals surface area (Å²) in [7, 11) is 0. The van der Waals surface area contributed by atoms with E-state index in [0.29, 0.717) is 0 Å². The fourth-order valence-electron chi connectivity index (χ4n) is 0.335. The van der Waals surface area contributed by atoms with Crippen molar-refractivity contribution in [3.8, 4) is 0 Å². The first kappa shape index (κ1) is 7.44. The molecule has 0 spiro atoms. The Kier molecular flexibility index (Phi) is 4.27. The lowest BCUT2D eigenvalue weighted by Gasteiger charge is -1.83. The summed E-state index contributed by atoms with van der Waals surface area (Å²) in [4.78, 5) is 0. The van der Waals surface area contributed by atoms with E-state index in [0.717, 1.165) is 0 Å². The highest BCUT2D eigenvalue weighted by molar-refractivity contribution is 5.14. The fraction of sp³-hybridized carbons (Fsp3) is 0.429. The quantitative estimate of drug-likeness (QED) is 0.537. The Morgan fingerprint density at radius 3 is 2.62 bits per heavy atom. The second-order valence-electron chi connectivity index (χ2n) is 1.62. The van der Waals surface area contributed by atoms with Crippen molar-refractivity contribution in [2.24, 2.45) is 0 Å². The van der Waals surface area contributed by atoms with Crippen molar-refractivity contribution in [2.45, 2.75) is 13.8 Å². The van der Waals surface area contributed by atoms with Crippen LogP contribution >= 0.6 is 0 Å². The van der Waals surface area contributed by atoms with Crippen LogP contribution in [0.15, 0.2) is 23.8 Å². The van der Waals surface area contributed by atoms with Gasteiger partial charge in [0.05, 0.1) is 6.61 Å². The van der Waals surface area contributed by atoms with Gasteiger partial charge in [-0.05, 0) is 13.8 Å². The van der Waals surface area contributed by atoms with Crippen molar-refractivity contribution < 1.29 is 5.11 Å². The summed E-state index contributed by atoms with van der Waals surface area (Å²) in [5.41, 5.74) is 1.18. The number of allylic oxidation sites excluding steroid dienone is 3. The molecule has 0 aliphatic heterocycles. The Morgan fingerprint density at radius 2 is 2.25 bits per heavy atom. The highest BCUT2D eigenvalue weighted by Gasteiger charge is 1.72. The summed E-state index contributed by atoms with van der Waals surface area (Å²) in [5, 5.41) is 8.30. The lowest BCUT2D eigenvalue weighted by atomic mass is 10.3. The van der Waals surface area contributed by atoms with Crippen LogP contribution < -0.4 is 0 Å². The predicted octanol–water partition coefficient (Wildman–Crippen LogP) is 1.50. The third-order valence-electron chi connectivity index (χ3n) is 0.941. The zero-order valence-corrected chi connectivity index (χ0v) is 5.39. The maximum absolute atomic E-state index is 8.30. The Labute approximate surface area is 50.3 Å². The van der Waals surface area contributed by atoms with Gasteiger partial charge in [0, 0.05) is 0 Å². The largest absolute Gasteiger partial charge is 0.392 e. The second-order valence-corrected chi connectivity index (χ2v) is 1.62. The average Bonchev–Trinajstić information content (AvgIpc) is 1.83. The van der Waals surface area contributed by atoms with Crippen molar-refractivity contribution in [3.63, 3.8) is 0 Å².